The molecule has 2 aromatic carbocycles. The highest BCUT2D eigenvalue weighted by molar-refractivity contribution is 5.92. The van der Waals surface area contributed by atoms with E-state index in [-0.39, 0.29) is 11.9 Å². The first-order valence-corrected chi connectivity index (χ1v) is 8.39. The normalized spacial score (nSPS) is 12.9. The highest BCUT2D eigenvalue weighted by Crippen LogP contribution is 2.39. The maximum Gasteiger partial charge on any atom is 0.237 e. The van der Waals surface area contributed by atoms with E-state index in [2.05, 4.69) is 50.2 Å². The van der Waals surface area contributed by atoms with Crippen LogP contribution in [0.2, 0.25) is 0 Å². The van der Waals surface area contributed by atoms with E-state index in [0.717, 1.165) is 17.5 Å². The number of carbonyl (C=O) groups excluding carboxylic acids is 1. The SMILES string of the molecule is C[C@H](CC(C(=O)N(C)C)(c1ccccc1)c1ccccc1)N(C)C. The minimum Gasteiger partial charge on any atom is -0.348 e. The zero-order valence-electron chi connectivity index (χ0n) is 15.4. The van der Waals surface area contributed by atoms with E-state index in [1.165, 1.54) is 0 Å². The van der Waals surface area contributed by atoms with Crippen molar-refractivity contribution < 1.29 is 4.79 Å². The fourth-order valence-electron chi connectivity index (χ4n) is 3.19. The van der Waals surface area contributed by atoms with Gasteiger partial charge in [-0.2, -0.15) is 0 Å². The summed E-state index contributed by atoms with van der Waals surface area (Å²) in [6.07, 6.45) is 0.727. The minimum atomic E-state index is -0.685. The lowest BCUT2D eigenvalue weighted by atomic mass is 9.69. The molecule has 0 spiro atoms. The van der Waals surface area contributed by atoms with Gasteiger partial charge in [-0.25, -0.2) is 0 Å². The van der Waals surface area contributed by atoms with Gasteiger partial charge in [0.25, 0.3) is 0 Å². The van der Waals surface area contributed by atoms with E-state index in [0.29, 0.717) is 0 Å². The van der Waals surface area contributed by atoms with Crippen LogP contribution in [0.3, 0.4) is 0 Å². The molecule has 0 aliphatic carbocycles. The molecule has 2 rings (SSSR count). The fraction of sp³-hybridized carbons (Fsp3) is 0.381. The second-order valence-electron chi connectivity index (χ2n) is 6.85. The van der Waals surface area contributed by atoms with Gasteiger partial charge in [0.15, 0.2) is 0 Å². The number of hydrogen-bond donors (Lipinski definition) is 0. The smallest absolute Gasteiger partial charge is 0.237 e. The number of rotatable bonds is 6. The Morgan fingerprint density at radius 2 is 1.29 bits per heavy atom. The Morgan fingerprint density at radius 3 is 1.62 bits per heavy atom. The van der Waals surface area contributed by atoms with Gasteiger partial charge in [0.05, 0.1) is 0 Å². The third-order valence-electron chi connectivity index (χ3n) is 4.79. The standard InChI is InChI=1S/C21H28N2O/c1-17(22(2)3)16-21(20(24)23(4)5,18-12-8-6-9-13-18)19-14-10-7-11-15-19/h6-15,17H,16H2,1-5H3/t17-/m1/s1. The molecule has 24 heavy (non-hydrogen) atoms. The van der Waals surface area contributed by atoms with E-state index < -0.39 is 5.41 Å². The molecule has 0 saturated heterocycles. The van der Waals surface area contributed by atoms with Crippen LogP contribution in [-0.2, 0) is 10.2 Å². The van der Waals surface area contributed by atoms with Gasteiger partial charge in [-0.3, -0.25) is 4.79 Å². The molecular formula is C21H28N2O. The predicted octanol–water partition coefficient (Wildman–Crippen LogP) is 3.40. The van der Waals surface area contributed by atoms with Crippen molar-refractivity contribution in [1.82, 2.24) is 9.80 Å². The molecular weight excluding hydrogens is 296 g/mol. The van der Waals surface area contributed by atoms with Crippen molar-refractivity contribution in [2.24, 2.45) is 0 Å². The van der Waals surface area contributed by atoms with Crippen molar-refractivity contribution in [2.45, 2.75) is 24.8 Å². The third-order valence-corrected chi connectivity index (χ3v) is 4.79. The van der Waals surface area contributed by atoms with Crippen molar-refractivity contribution in [3.05, 3.63) is 71.8 Å². The number of likely N-dealkylation sites (N-methyl/N-ethyl adjacent to an activating group) is 1. The summed E-state index contributed by atoms with van der Waals surface area (Å²) in [6, 6.07) is 20.6. The third kappa shape index (κ3) is 3.51. The van der Waals surface area contributed by atoms with Crippen molar-refractivity contribution in [2.75, 3.05) is 28.2 Å². The fourth-order valence-corrected chi connectivity index (χ4v) is 3.19. The van der Waals surface area contributed by atoms with Crippen molar-refractivity contribution in [3.63, 3.8) is 0 Å². The Balaban J connectivity index is 2.71. The summed E-state index contributed by atoms with van der Waals surface area (Å²) in [4.78, 5) is 17.3. The van der Waals surface area contributed by atoms with Gasteiger partial charge in [-0.05, 0) is 38.6 Å². The van der Waals surface area contributed by atoms with Crippen LogP contribution in [-0.4, -0.2) is 49.9 Å². The van der Waals surface area contributed by atoms with Crippen LogP contribution in [0.1, 0.15) is 24.5 Å². The minimum absolute atomic E-state index is 0.119. The first-order chi connectivity index (χ1) is 11.4. The summed E-state index contributed by atoms with van der Waals surface area (Å²) in [7, 11) is 7.80. The molecule has 0 fully saturated rings. The van der Waals surface area contributed by atoms with Crippen LogP contribution in [0.4, 0.5) is 0 Å². The van der Waals surface area contributed by atoms with Gasteiger partial charge in [0.1, 0.15) is 5.41 Å². The number of carbonyl (C=O) groups is 1. The summed E-state index contributed by atoms with van der Waals surface area (Å²) in [6.45, 7) is 2.17. The number of amides is 1. The molecule has 128 valence electrons. The van der Waals surface area contributed by atoms with Gasteiger partial charge in [0.2, 0.25) is 5.91 Å². The Morgan fingerprint density at radius 1 is 0.875 bits per heavy atom. The zero-order chi connectivity index (χ0) is 17.7. The van der Waals surface area contributed by atoms with Crippen molar-refractivity contribution >= 4 is 5.91 Å². The zero-order valence-corrected chi connectivity index (χ0v) is 15.4. The summed E-state index contributed by atoms with van der Waals surface area (Å²) < 4.78 is 0. The van der Waals surface area contributed by atoms with Gasteiger partial charge in [-0.1, -0.05) is 60.7 Å². The maximum atomic E-state index is 13.4. The summed E-state index contributed by atoms with van der Waals surface area (Å²) in [5.74, 6) is 0.119. The molecule has 3 heteroatoms. The number of nitrogens with zero attached hydrogens (tertiary/aromatic N) is 2. The second kappa shape index (κ2) is 7.63. The average Bonchev–Trinajstić information content (AvgIpc) is 2.60. The molecule has 1 atom stereocenters. The molecule has 3 nitrogen and oxygen atoms in total. The summed E-state index contributed by atoms with van der Waals surface area (Å²) in [5, 5.41) is 0. The molecule has 0 heterocycles. The lowest BCUT2D eigenvalue weighted by molar-refractivity contribution is -0.134. The molecule has 0 saturated carbocycles. The average molecular weight is 324 g/mol. The highest BCUT2D eigenvalue weighted by Gasteiger charge is 2.44. The Bertz CT molecular complexity index is 611. The van der Waals surface area contributed by atoms with Gasteiger partial charge in [-0.15, -0.1) is 0 Å². The lowest BCUT2D eigenvalue weighted by Gasteiger charge is -2.39. The molecule has 0 aliphatic rings. The first kappa shape index (κ1) is 18.2. The van der Waals surface area contributed by atoms with E-state index in [1.807, 2.05) is 50.5 Å². The van der Waals surface area contributed by atoms with Crippen LogP contribution >= 0.6 is 0 Å². The molecule has 0 aromatic heterocycles. The molecule has 0 aliphatic heterocycles. The summed E-state index contributed by atoms with van der Waals surface area (Å²) >= 11 is 0. The quantitative estimate of drug-likeness (QED) is 0.813. The van der Waals surface area contributed by atoms with E-state index >= 15 is 0 Å². The highest BCUT2D eigenvalue weighted by atomic mass is 16.2. The summed E-state index contributed by atoms with van der Waals surface area (Å²) in [5.41, 5.74) is 1.41. The molecule has 1 amide bonds. The number of hydrogen-bond acceptors (Lipinski definition) is 2. The largest absolute Gasteiger partial charge is 0.348 e. The van der Waals surface area contributed by atoms with Crippen LogP contribution in [0.15, 0.2) is 60.7 Å². The molecule has 0 unspecified atom stereocenters. The number of benzene rings is 2. The Labute approximate surface area is 145 Å². The van der Waals surface area contributed by atoms with Gasteiger partial charge >= 0.3 is 0 Å². The van der Waals surface area contributed by atoms with Gasteiger partial charge < -0.3 is 9.80 Å². The first-order valence-electron chi connectivity index (χ1n) is 8.39. The molecule has 0 bridgehead atoms. The van der Waals surface area contributed by atoms with Crippen molar-refractivity contribution in [3.8, 4) is 0 Å². The lowest BCUT2D eigenvalue weighted by Crippen LogP contribution is -2.48. The molecule has 2 aromatic rings. The van der Waals surface area contributed by atoms with E-state index in [1.54, 1.807) is 4.90 Å². The van der Waals surface area contributed by atoms with Gasteiger partial charge in [0, 0.05) is 20.1 Å². The van der Waals surface area contributed by atoms with Crippen LogP contribution in [0, 0.1) is 0 Å². The Kier molecular flexibility index (Phi) is 5.79. The van der Waals surface area contributed by atoms with E-state index in [9.17, 15) is 4.79 Å². The molecule has 0 N–H and O–H groups in total. The monoisotopic (exact) mass is 324 g/mol. The topological polar surface area (TPSA) is 23.6 Å². The van der Waals surface area contributed by atoms with Crippen LogP contribution < -0.4 is 0 Å². The van der Waals surface area contributed by atoms with Crippen molar-refractivity contribution in [1.29, 1.82) is 0 Å². The maximum absolute atomic E-state index is 13.4. The molecule has 0 radical (unpaired) electrons. The van der Waals surface area contributed by atoms with Crippen LogP contribution in [0.5, 0.6) is 0 Å². The predicted molar refractivity (Wildman–Crippen MR) is 100 cm³/mol. The van der Waals surface area contributed by atoms with E-state index in [4.69, 9.17) is 0 Å². The second-order valence-corrected chi connectivity index (χ2v) is 6.85. The Hall–Kier alpha value is -2.13. The van der Waals surface area contributed by atoms with Crippen LogP contribution in [0.25, 0.3) is 0 Å².